The zero-order chi connectivity index (χ0) is 23.4. The second-order valence-electron chi connectivity index (χ2n) is 12.8. The summed E-state index contributed by atoms with van der Waals surface area (Å²) < 4.78 is 0. The van der Waals surface area contributed by atoms with Crippen LogP contribution < -0.4 is 5.32 Å². The molecule has 1 N–H and O–H groups in total. The minimum absolute atomic E-state index is 0.0696. The molecule has 9 atom stereocenters. The van der Waals surface area contributed by atoms with Crippen LogP contribution in [0.4, 0.5) is 0 Å². The van der Waals surface area contributed by atoms with Gasteiger partial charge < -0.3 is 10.2 Å². The normalized spacial score (nSPS) is 43.3. The van der Waals surface area contributed by atoms with E-state index in [1.54, 1.807) is 12.4 Å². The quantitative estimate of drug-likeness (QED) is 0.630. The van der Waals surface area contributed by atoms with Crippen molar-refractivity contribution < 1.29 is 4.79 Å². The third-order valence-corrected chi connectivity index (χ3v) is 11.4. The molecule has 0 saturated heterocycles. The van der Waals surface area contributed by atoms with Crippen molar-refractivity contribution in [2.45, 2.75) is 90.6 Å². The van der Waals surface area contributed by atoms with Crippen LogP contribution in [0.3, 0.4) is 0 Å². The Hall–Kier alpha value is -1.42. The Morgan fingerprint density at radius 1 is 1.00 bits per heavy atom. The van der Waals surface area contributed by atoms with Gasteiger partial charge in [-0.3, -0.25) is 9.78 Å². The molecule has 4 saturated carbocycles. The fourth-order valence-electron chi connectivity index (χ4n) is 9.35. The minimum atomic E-state index is 0.0696. The number of carbonyl (C=O) groups excluding carboxylic acids is 1. The first-order valence-electron chi connectivity index (χ1n) is 13.6. The first kappa shape index (κ1) is 23.3. The molecule has 4 heteroatoms. The highest BCUT2D eigenvalue weighted by Crippen LogP contribution is 2.67. The van der Waals surface area contributed by atoms with E-state index in [0.29, 0.717) is 22.9 Å². The maximum atomic E-state index is 12.7. The molecule has 0 bridgehead atoms. The van der Waals surface area contributed by atoms with Crippen molar-refractivity contribution in [2.75, 3.05) is 14.1 Å². The fourth-order valence-corrected chi connectivity index (χ4v) is 9.35. The van der Waals surface area contributed by atoms with Crippen LogP contribution in [0.5, 0.6) is 0 Å². The number of amides is 1. The van der Waals surface area contributed by atoms with Crippen LogP contribution in [0.2, 0.25) is 0 Å². The molecule has 33 heavy (non-hydrogen) atoms. The highest BCUT2D eigenvalue weighted by molar-refractivity contribution is 5.94. The fraction of sp³-hybridized carbons (Fsp3) is 0.793. The van der Waals surface area contributed by atoms with Gasteiger partial charge in [0.1, 0.15) is 0 Å². The molecule has 182 valence electrons. The molecule has 1 aromatic rings. The molecule has 4 aliphatic rings. The molecule has 1 amide bonds. The van der Waals surface area contributed by atoms with Crippen LogP contribution in [-0.4, -0.2) is 42.0 Å². The number of pyridine rings is 1. The zero-order valence-electron chi connectivity index (χ0n) is 21.5. The van der Waals surface area contributed by atoms with Crippen molar-refractivity contribution >= 4 is 5.91 Å². The van der Waals surface area contributed by atoms with Crippen molar-refractivity contribution in [2.24, 2.45) is 40.4 Å². The molecule has 0 aromatic carbocycles. The van der Waals surface area contributed by atoms with Crippen LogP contribution in [0.15, 0.2) is 24.5 Å². The van der Waals surface area contributed by atoms with E-state index in [9.17, 15) is 4.79 Å². The lowest BCUT2D eigenvalue weighted by Gasteiger charge is -2.61. The molecule has 5 rings (SSSR count). The van der Waals surface area contributed by atoms with Crippen LogP contribution >= 0.6 is 0 Å². The van der Waals surface area contributed by atoms with Gasteiger partial charge in [0.15, 0.2) is 0 Å². The number of hydrogen-bond acceptors (Lipinski definition) is 3. The monoisotopic (exact) mass is 451 g/mol. The summed E-state index contributed by atoms with van der Waals surface area (Å²) in [4.78, 5) is 19.2. The van der Waals surface area contributed by atoms with Crippen LogP contribution in [0.25, 0.3) is 0 Å². The summed E-state index contributed by atoms with van der Waals surface area (Å²) in [7, 11) is 4.54. The number of aromatic nitrogens is 1. The van der Waals surface area contributed by atoms with E-state index in [1.807, 2.05) is 12.1 Å². The number of nitrogens with one attached hydrogen (secondary N) is 1. The van der Waals surface area contributed by atoms with E-state index in [4.69, 9.17) is 0 Å². The van der Waals surface area contributed by atoms with E-state index in [-0.39, 0.29) is 5.91 Å². The van der Waals surface area contributed by atoms with Crippen LogP contribution in [-0.2, 0) is 0 Å². The van der Waals surface area contributed by atoms with Crippen molar-refractivity contribution in [1.82, 2.24) is 15.2 Å². The second kappa shape index (κ2) is 8.66. The maximum Gasteiger partial charge on any atom is 0.251 e. The molecule has 9 unspecified atom stereocenters. The lowest BCUT2D eigenvalue weighted by Crippen LogP contribution is -2.56. The van der Waals surface area contributed by atoms with Gasteiger partial charge in [-0.05, 0) is 131 Å². The van der Waals surface area contributed by atoms with Crippen LogP contribution in [0, 0.1) is 40.4 Å². The molecular formula is C29H45N3O. The van der Waals surface area contributed by atoms with E-state index >= 15 is 0 Å². The molecule has 4 nitrogen and oxygen atoms in total. The van der Waals surface area contributed by atoms with E-state index in [0.717, 1.165) is 41.6 Å². The number of fused-ring (bicyclic) bond motifs is 5. The molecule has 1 heterocycles. The van der Waals surface area contributed by atoms with Gasteiger partial charge in [0.25, 0.3) is 5.91 Å². The van der Waals surface area contributed by atoms with Crippen molar-refractivity contribution in [3.63, 3.8) is 0 Å². The Morgan fingerprint density at radius 2 is 1.70 bits per heavy atom. The average molecular weight is 452 g/mol. The predicted octanol–water partition coefficient (Wildman–Crippen LogP) is 5.79. The van der Waals surface area contributed by atoms with Crippen LogP contribution in [0.1, 0.15) is 88.9 Å². The highest BCUT2D eigenvalue weighted by Gasteiger charge is 2.60. The van der Waals surface area contributed by atoms with E-state index < -0.39 is 0 Å². The van der Waals surface area contributed by atoms with Crippen molar-refractivity contribution in [3.05, 3.63) is 30.1 Å². The highest BCUT2D eigenvalue weighted by atomic mass is 16.1. The zero-order valence-corrected chi connectivity index (χ0v) is 21.5. The average Bonchev–Trinajstić information content (AvgIpc) is 3.16. The molecule has 4 fully saturated rings. The summed E-state index contributed by atoms with van der Waals surface area (Å²) in [6.07, 6.45) is 15.5. The van der Waals surface area contributed by atoms with Gasteiger partial charge in [-0.25, -0.2) is 0 Å². The lowest BCUT2D eigenvalue weighted by molar-refractivity contribution is -0.117. The Morgan fingerprint density at radius 3 is 2.42 bits per heavy atom. The summed E-state index contributed by atoms with van der Waals surface area (Å²) in [6.45, 7) is 7.75. The van der Waals surface area contributed by atoms with Gasteiger partial charge in [-0.1, -0.05) is 13.8 Å². The second-order valence-corrected chi connectivity index (χ2v) is 12.8. The minimum Gasteiger partial charge on any atom is -0.349 e. The van der Waals surface area contributed by atoms with Gasteiger partial charge in [-0.15, -0.1) is 0 Å². The Kier molecular flexibility index (Phi) is 6.12. The third kappa shape index (κ3) is 3.85. The number of carbonyl (C=O) groups is 1. The molecule has 0 aliphatic heterocycles. The predicted molar refractivity (Wildman–Crippen MR) is 134 cm³/mol. The molecule has 0 radical (unpaired) electrons. The SMILES string of the molecule is CC(C1CCC2C3CCC4CC(NC(=O)c5ccncc5)CCC4(C)C3CCC21C)N(C)C. The number of nitrogens with zero attached hydrogens (tertiary/aromatic N) is 2. The van der Waals surface area contributed by atoms with Crippen molar-refractivity contribution in [1.29, 1.82) is 0 Å². The molecule has 4 aliphatic carbocycles. The Labute approximate surface area is 201 Å². The van der Waals surface area contributed by atoms with Gasteiger partial charge in [0, 0.05) is 30.0 Å². The van der Waals surface area contributed by atoms with Gasteiger partial charge >= 0.3 is 0 Å². The number of rotatable bonds is 4. The summed E-state index contributed by atoms with van der Waals surface area (Å²) in [5, 5.41) is 3.36. The van der Waals surface area contributed by atoms with Gasteiger partial charge in [-0.2, -0.15) is 0 Å². The summed E-state index contributed by atoms with van der Waals surface area (Å²) in [6, 6.07) is 4.64. The largest absolute Gasteiger partial charge is 0.349 e. The topological polar surface area (TPSA) is 45.2 Å². The Bertz CT molecular complexity index is 856. The van der Waals surface area contributed by atoms with E-state index in [2.05, 4.69) is 50.1 Å². The van der Waals surface area contributed by atoms with Gasteiger partial charge in [0.2, 0.25) is 0 Å². The van der Waals surface area contributed by atoms with Gasteiger partial charge in [0.05, 0.1) is 0 Å². The third-order valence-electron chi connectivity index (χ3n) is 11.4. The summed E-state index contributed by atoms with van der Waals surface area (Å²) >= 11 is 0. The number of hydrogen-bond donors (Lipinski definition) is 1. The smallest absolute Gasteiger partial charge is 0.251 e. The lowest BCUT2D eigenvalue weighted by atomic mass is 9.44. The Balaban J connectivity index is 1.27. The van der Waals surface area contributed by atoms with E-state index in [1.165, 1.54) is 51.4 Å². The molecule has 0 spiro atoms. The first-order valence-corrected chi connectivity index (χ1v) is 13.6. The molecular weight excluding hydrogens is 406 g/mol. The standard InChI is InChI=1S/C29H45N3O/c1-19(32(4)5)24-8-9-25-23-7-6-21-18-22(31-27(33)20-12-16-30-17-13-20)10-14-28(21,2)26(23)11-15-29(24,25)3/h12-13,16-17,19,21-26H,6-11,14-15,18H2,1-5H3,(H,31,33). The molecule has 1 aromatic heterocycles. The summed E-state index contributed by atoms with van der Waals surface area (Å²) in [5.74, 6) is 4.41. The summed E-state index contributed by atoms with van der Waals surface area (Å²) in [5.41, 5.74) is 1.73. The first-order chi connectivity index (χ1) is 15.7. The maximum absolute atomic E-state index is 12.7. The van der Waals surface area contributed by atoms with Crippen molar-refractivity contribution in [3.8, 4) is 0 Å².